The predicted molar refractivity (Wildman–Crippen MR) is 169 cm³/mol. The summed E-state index contributed by atoms with van der Waals surface area (Å²) in [6.45, 7) is 0. The third-order valence-corrected chi connectivity index (χ3v) is 9.18. The van der Waals surface area contributed by atoms with Gasteiger partial charge in [-0.1, -0.05) is 122 Å². The lowest BCUT2D eigenvalue weighted by atomic mass is 9.76. The fraction of sp³-hybridized carbons (Fsp3) is 0.128. The fourth-order valence-electron chi connectivity index (χ4n) is 7.41. The Morgan fingerprint density at radius 3 is 1.88 bits per heavy atom. The van der Waals surface area contributed by atoms with Gasteiger partial charge in [0.25, 0.3) is 0 Å². The third kappa shape index (κ3) is 3.47. The molecule has 40 heavy (non-hydrogen) atoms. The zero-order valence-electron chi connectivity index (χ0n) is 22.6. The zero-order valence-corrected chi connectivity index (χ0v) is 22.6. The standard InChI is InChI=1S/C39H31N/c1-3-13-28(14-4-1)29-21-23-32(24-22-29)40(31-16-5-2-6-17-31)38-33-18-8-7-15-30(33)27-36-37(38)34-19-9-10-20-35(34)39(36)25-11-12-26-39/h1-10,13-24,27H,11-12,25-26H2. The molecule has 8 rings (SSSR count). The number of fused-ring (bicyclic) bond motifs is 6. The molecule has 1 fully saturated rings. The van der Waals surface area contributed by atoms with E-state index < -0.39 is 0 Å². The van der Waals surface area contributed by atoms with Gasteiger partial charge in [-0.25, -0.2) is 0 Å². The fourth-order valence-corrected chi connectivity index (χ4v) is 7.41. The van der Waals surface area contributed by atoms with Gasteiger partial charge in [0.15, 0.2) is 0 Å². The maximum Gasteiger partial charge on any atom is 0.0621 e. The van der Waals surface area contributed by atoms with Crippen LogP contribution in [0.1, 0.15) is 36.8 Å². The molecule has 1 heteroatoms. The summed E-state index contributed by atoms with van der Waals surface area (Å²) in [5.74, 6) is 0. The molecule has 0 unspecified atom stereocenters. The van der Waals surface area contributed by atoms with Gasteiger partial charge in [-0.2, -0.15) is 0 Å². The Kier molecular flexibility index (Phi) is 5.38. The van der Waals surface area contributed by atoms with Crippen molar-refractivity contribution < 1.29 is 0 Å². The van der Waals surface area contributed by atoms with Crippen LogP contribution in [0.3, 0.4) is 0 Å². The van der Waals surface area contributed by atoms with Crippen LogP contribution in [-0.4, -0.2) is 0 Å². The van der Waals surface area contributed by atoms with Crippen molar-refractivity contribution in [2.75, 3.05) is 4.90 Å². The quantitative estimate of drug-likeness (QED) is 0.227. The Morgan fingerprint density at radius 1 is 0.500 bits per heavy atom. The van der Waals surface area contributed by atoms with E-state index in [2.05, 4.69) is 144 Å². The van der Waals surface area contributed by atoms with Crippen LogP contribution in [0.4, 0.5) is 17.1 Å². The number of para-hydroxylation sites is 1. The summed E-state index contributed by atoms with van der Waals surface area (Å²) in [7, 11) is 0. The van der Waals surface area contributed by atoms with Crippen molar-refractivity contribution in [2.45, 2.75) is 31.1 Å². The summed E-state index contributed by atoms with van der Waals surface area (Å²) >= 11 is 0. The number of hydrogen-bond donors (Lipinski definition) is 0. The third-order valence-electron chi connectivity index (χ3n) is 9.18. The van der Waals surface area contributed by atoms with Gasteiger partial charge >= 0.3 is 0 Å². The van der Waals surface area contributed by atoms with Crippen LogP contribution in [0.5, 0.6) is 0 Å². The first kappa shape index (κ1) is 23.3. The minimum Gasteiger partial charge on any atom is -0.309 e. The SMILES string of the molecule is c1ccc(-c2ccc(N(c3ccccc3)c3c4c(cc5ccccc35)C3(CCCC3)c3ccccc3-4)cc2)cc1. The van der Waals surface area contributed by atoms with Gasteiger partial charge < -0.3 is 4.90 Å². The van der Waals surface area contributed by atoms with Crippen LogP contribution >= 0.6 is 0 Å². The lowest BCUT2D eigenvalue weighted by Gasteiger charge is -2.31. The Hall–Kier alpha value is -4.62. The average molecular weight is 514 g/mol. The molecule has 2 aliphatic carbocycles. The average Bonchev–Trinajstić information content (AvgIpc) is 3.63. The molecule has 0 radical (unpaired) electrons. The molecule has 0 aliphatic heterocycles. The number of rotatable bonds is 4. The molecule has 0 heterocycles. The van der Waals surface area contributed by atoms with Crippen LogP contribution in [-0.2, 0) is 5.41 Å². The van der Waals surface area contributed by atoms with E-state index in [9.17, 15) is 0 Å². The van der Waals surface area contributed by atoms with Gasteiger partial charge in [-0.15, -0.1) is 0 Å². The highest BCUT2D eigenvalue weighted by molar-refractivity contribution is 6.09. The van der Waals surface area contributed by atoms with Crippen LogP contribution in [0.15, 0.2) is 140 Å². The molecule has 0 saturated heterocycles. The number of hydrogen-bond acceptors (Lipinski definition) is 1. The largest absolute Gasteiger partial charge is 0.309 e. The van der Waals surface area contributed by atoms with Gasteiger partial charge in [-0.05, 0) is 76.4 Å². The molecule has 192 valence electrons. The van der Waals surface area contributed by atoms with Crippen LogP contribution in [0, 0.1) is 0 Å². The van der Waals surface area contributed by atoms with Crippen molar-refractivity contribution in [3.8, 4) is 22.3 Å². The van der Waals surface area contributed by atoms with E-state index in [4.69, 9.17) is 0 Å². The summed E-state index contributed by atoms with van der Waals surface area (Å²) in [6, 6.07) is 51.3. The summed E-state index contributed by atoms with van der Waals surface area (Å²) in [5, 5.41) is 2.61. The summed E-state index contributed by atoms with van der Waals surface area (Å²) < 4.78 is 0. The van der Waals surface area contributed by atoms with Crippen molar-refractivity contribution in [3.63, 3.8) is 0 Å². The molecule has 0 aromatic heterocycles. The van der Waals surface area contributed by atoms with E-state index in [0.717, 1.165) is 0 Å². The van der Waals surface area contributed by atoms with Gasteiger partial charge in [-0.3, -0.25) is 0 Å². The van der Waals surface area contributed by atoms with Crippen molar-refractivity contribution in [1.29, 1.82) is 0 Å². The number of anilines is 3. The van der Waals surface area contributed by atoms with E-state index in [1.54, 1.807) is 0 Å². The Labute approximate surface area is 236 Å². The Balaban J connectivity index is 1.43. The monoisotopic (exact) mass is 513 g/mol. The number of benzene rings is 6. The predicted octanol–water partition coefficient (Wildman–Crippen LogP) is 10.8. The molecule has 2 aliphatic rings. The molecule has 0 amide bonds. The van der Waals surface area contributed by atoms with Crippen LogP contribution < -0.4 is 4.90 Å². The highest BCUT2D eigenvalue weighted by Crippen LogP contribution is 2.61. The van der Waals surface area contributed by atoms with Gasteiger partial charge in [0.2, 0.25) is 0 Å². The molecule has 0 N–H and O–H groups in total. The van der Waals surface area contributed by atoms with Crippen LogP contribution in [0.25, 0.3) is 33.0 Å². The molecule has 6 aromatic carbocycles. The van der Waals surface area contributed by atoms with E-state index in [1.807, 2.05) is 0 Å². The van der Waals surface area contributed by atoms with Crippen LogP contribution in [0.2, 0.25) is 0 Å². The van der Waals surface area contributed by atoms with Crippen molar-refractivity contribution >= 4 is 27.8 Å². The van der Waals surface area contributed by atoms with Crippen molar-refractivity contribution in [1.82, 2.24) is 0 Å². The molecule has 1 nitrogen and oxygen atoms in total. The molecule has 0 bridgehead atoms. The zero-order chi connectivity index (χ0) is 26.5. The molecule has 1 spiro atoms. The number of nitrogens with zero attached hydrogens (tertiary/aromatic N) is 1. The minimum absolute atomic E-state index is 0.115. The van der Waals surface area contributed by atoms with Gasteiger partial charge in [0.05, 0.1) is 5.69 Å². The smallest absolute Gasteiger partial charge is 0.0621 e. The highest BCUT2D eigenvalue weighted by atomic mass is 15.1. The Morgan fingerprint density at radius 2 is 1.10 bits per heavy atom. The summed E-state index contributed by atoms with van der Waals surface area (Å²) in [6.07, 6.45) is 5.04. The lowest BCUT2D eigenvalue weighted by Crippen LogP contribution is -2.21. The second-order valence-electron chi connectivity index (χ2n) is 11.3. The normalized spacial score (nSPS) is 14.8. The van der Waals surface area contributed by atoms with E-state index in [0.29, 0.717) is 0 Å². The Bertz CT molecular complexity index is 1830. The molecular weight excluding hydrogens is 482 g/mol. The second kappa shape index (κ2) is 9.24. The molecule has 6 aromatic rings. The minimum atomic E-state index is 0.115. The van der Waals surface area contributed by atoms with E-state index in [-0.39, 0.29) is 5.41 Å². The van der Waals surface area contributed by atoms with E-state index in [1.165, 1.54) is 86.9 Å². The van der Waals surface area contributed by atoms with Gasteiger partial charge in [0.1, 0.15) is 0 Å². The first-order valence-electron chi connectivity index (χ1n) is 14.5. The van der Waals surface area contributed by atoms with Crippen molar-refractivity contribution in [2.24, 2.45) is 0 Å². The topological polar surface area (TPSA) is 3.24 Å². The lowest BCUT2D eigenvalue weighted by molar-refractivity contribution is 0.550. The second-order valence-corrected chi connectivity index (χ2v) is 11.3. The van der Waals surface area contributed by atoms with Gasteiger partial charge in [0, 0.05) is 27.7 Å². The molecular formula is C39H31N. The van der Waals surface area contributed by atoms with E-state index >= 15 is 0 Å². The first-order valence-corrected chi connectivity index (χ1v) is 14.5. The summed E-state index contributed by atoms with van der Waals surface area (Å²) in [4.78, 5) is 2.50. The maximum atomic E-state index is 2.52. The summed E-state index contributed by atoms with van der Waals surface area (Å²) in [5.41, 5.74) is 12.1. The molecule has 1 saturated carbocycles. The highest BCUT2D eigenvalue weighted by Gasteiger charge is 2.46. The van der Waals surface area contributed by atoms with Crippen molar-refractivity contribution in [3.05, 3.63) is 151 Å². The molecule has 0 atom stereocenters. The maximum absolute atomic E-state index is 2.52. The first-order chi connectivity index (χ1) is 19.8.